The Balaban J connectivity index is 1.34. The second-order valence-corrected chi connectivity index (χ2v) is 10.2. The number of hydrogen-bond acceptors (Lipinski definition) is 6. The molecule has 4 rings (SSSR count). The van der Waals surface area contributed by atoms with Crippen LogP contribution in [0.1, 0.15) is 15.9 Å². The molecule has 0 aliphatic rings. The van der Waals surface area contributed by atoms with E-state index in [0.29, 0.717) is 0 Å². The van der Waals surface area contributed by atoms with Gasteiger partial charge in [0.1, 0.15) is 11.5 Å². The summed E-state index contributed by atoms with van der Waals surface area (Å²) in [5, 5.41) is 2.81. The molecule has 1 amide bonds. The lowest BCUT2D eigenvalue weighted by Crippen LogP contribution is -2.22. The van der Waals surface area contributed by atoms with Gasteiger partial charge in [-0.1, -0.05) is 36.4 Å². The summed E-state index contributed by atoms with van der Waals surface area (Å²) < 4.78 is 69.5. The molecule has 1 aromatic heterocycles. The number of aromatic nitrogens is 1. The first-order valence-electron chi connectivity index (χ1n) is 11.1. The van der Waals surface area contributed by atoms with E-state index in [4.69, 9.17) is 4.74 Å². The zero-order valence-corrected chi connectivity index (χ0v) is 20.7. The molecular weight excluding hydrogens is 521 g/mol. The van der Waals surface area contributed by atoms with Crippen LogP contribution in [0.2, 0.25) is 0 Å². The monoisotopic (exact) mass is 542 g/mol. The van der Waals surface area contributed by atoms with E-state index in [2.05, 4.69) is 15.0 Å². The molecule has 0 saturated carbocycles. The maximum atomic E-state index is 12.6. The number of benzene rings is 3. The second kappa shape index (κ2) is 10.9. The molecule has 0 unspecified atom stereocenters. The zero-order valence-electron chi connectivity index (χ0n) is 19.9. The van der Waals surface area contributed by atoms with Gasteiger partial charge in [-0.15, -0.1) is 13.2 Å². The Hall–Kier alpha value is -4.38. The number of halogens is 3. The number of alkyl halides is 3. The van der Waals surface area contributed by atoms with Crippen molar-refractivity contribution < 1.29 is 35.9 Å². The molecule has 0 radical (unpaired) electrons. The Morgan fingerprint density at radius 1 is 0.868 bits per heavy atom. The van der Waals surface area contributed by atoms with Crippen molar-refractivity contribution in [2.45, 2.75) is 17.8 Å². The van der Waals surface area contributed by atoms with E-state index < -0.39 is 16.2 Å². The van der Waals surface area contributed by atoms with Gasteiger partial charge in [0.15, 0.2) is 9.84 Å². The smallest absolute Gasteiger partial charge is 0.439 e. The van der Waals surface area contributed by atoms with E-state index in [-0.39, 0.29) is 40.3 Å². The van der Waals surface area contributed by atoms with Gasteiger partial charge >= 0.3 is 6.36 Å². The quantitative estimate of drug-likeness (QED) is 0.304. The molecule has 38 heavy (non-hydrogen) atoms. The molecule has 1 heterocycles. The van der Waals surface area contributed by atoms with Gasteiger partial charge in [-0.05, 0) is 59.2 Å². The number of pyridine rings is 1. The molecule has 7 nitrogen and oxygen atoms in total. The maximum Gasteiger partial charge on any atom is 0.573 e. The first kappa shape index (κ1) is 26.7. The molecule has 0 bridgehead atoms. The standard InChI is InChI=1S/C27H21F3N2O5S/c1-38(34,35)24-12-6-20(7-13-24)19-4-2-18(3-5-19)17-32-26(33)21-14-15-31-25(16-21)36-22-8-10-23(11-9-22)37-27(28,29)30/h2-16H,17H2,1H3,(H,32,33). The lowest BCUT2D eigenvalue weighted by Gasteiger charge is -2.10. The summed E-state index contributed by atoms with van der Waals surface area (Å²) in [6.45, 7) is 0.255. The highest BCUT2D eigenvalue weighted by Crippen LogP contribution is 2.27. The van der Waals surface area contributed by atoms with Gasteiger partial charge in [0.05, 0.1) is 4.90 Å². The Morgan fingerprint density at radius 2 is 1.45 bits per heavy atom. The largest absolute Gasteiger partial charge is 0.573 e. The third kappa shape index (κ3) is 7.32. The predicted molar refractivity (Wildman–Crippen MR) is 134 cm³/mol. The molecule has 0 aliphatic carbocycles. The number of carbonyl (C=O) groups excluding carboxylic acids is 1. The average Bonchev–Trinajstić information content (AvgIpc) is 2.88. The highest BCUT2D eigenvalue weighted by molar-refractivity contribution is 7.90. The lowest BCUT2D eigenvalue weighted by atomic mass is 10.0. The molecular formula is C27H21F3N2O5S. The number of nitrogens with one attached hydrogen (secondary N) is 1. The molecule has 4 aromatic rings. The van der Waals surface area contributed by atoms with Crippen molar-refractivity contribution in [2.24, 2.45) is 0 Å². The van der Waals surface area contributed by atoms with Crippen LogP contribution in [0.5, 0.6) is 17.4 Å². The van der Waals surface area contributed by atoms with Crippen molar-refractivity contribution in [1.29, 1.82) is 0 Å². The minimum absolute atomic E-state index is 0.0911. The summed E-state index contributed by atoms with van der Waals surface area (Å²) in [4.78, 5) is 16.9. The van der Waals surface area contributed by atoms with Crippen molar-refractivity contribution in [3.05, 3.63) is 102 Å². The Bertz CT molecular complexity index is 1520. The van der Waals surface area contributed by atoms with Gasteiger partial charge in [0.2, 0.25) is 5.88 Å². The van der Waals surface area contributed by atoms with Gasteiger partial charge in [-0.2, -0.15) is 0 Å². The fourth-order valence-electron chi connectivity index (χ4n) is 3.43. The fraction of sp³-hybridized carbons (Fsp3) is 0.111. The van der Waals surface area contributed by atoms with Crippen LogP contribution in [0.15, 0.2) is 96.0 Å². The molecule has 0 aliphatic heterocycles. The number of ether oxygens (including phenoxy) is 2. The summed E-state index contributed by atoms with van der Waals surface area (Å²) >= 11 is 0. The number of nitrogens with zero attached hydrogens (tertiary/aromatic N) is 1. The summed E-state index contributed by atoms with van der Waals surface area (Å²) in [7, 11) is -3.26. The average molecular weight is 543 g/mol. The number of hydrogen-bond donors (Lipinski definition) is 1. The summed E-state index contributed by atoms with van der Waals surface area (Å²) in [5.74, 6) is -0.445. The van der Waals surface area contributed by atoms with Gasteiger partial charge in [-0.3, -0.25) is 4.79 Å². The SMILES string of the molecule is CS(=O)(=O)c1ccc(-c2ccc(CNC(=O)c3ccnc(Oc4ccc(OC(F)(F)F)cc4)c3)cc2)cc1. The maximum absolute atomic E-state index is 12.6. The molecule has 0 saturated heterocycles. The first-order chi connectivity index (χ1) is 18.0. The van der Waals surface area contributed by atoms with E-state index in [1.165, 1.54) is 30.5 Å². The van der Waals surface area contributed by atoms with Crippen LogP contribution in [0.4, 0.5) is 13.2 Å². The number of rotatable bonds is 8. The molecule has 196 valence electrons. The third-order valence-corrected chi connectivity index (χ3v) is 6.43. The Kier molecular flexibility index (Phi) is 7.67. The fourth-order valence-corrected chi connectivity index (χ4v) is 4.06. The van der Waals surface area contributed by atoms with Crippen molar-refractivity contribution in [2.75, 3.05) is 6.26 Å². The van der Waals surface area contributed by atoms with E-state index >= 15 is 0 Å². The highest BCUT2D eigenvalue weighted by Gasteiger charge is 2.31. The minimum Gasteiger partial charge on any atom is -0.439 e. The number of amides is 1. The van der Waals surface area contributed by atoms with Crippen LogP contribution in [-0.4, -0.2) is 31.9 Å². The second-order valence-electron chi connectivity index (χ2n) is 8.18. The van der Waals surface area contributed by atoms with Crippen LogP contribution in [0, 0.1) is 0 Å². The van der Waals surface area contributed by atoms with Gasteiger partial charge in [0, 0.05) is 30.6 Å². The Morgan fingerprint density at radius 3 is 2.03 bits per heavy atom. The molecule has 0 atom stereocenters. The normalized spacial score (nSPS) is 11.6. The van der Waals surface area contributed by atoms with E-state index in [1.54, 1.807) is 24.3 Å². The molecule has 11 heteroatoms. The summed E-state index contributed by atoms with van der Waals surface area (Å²) in [5.41, 5.74) is 2.89. The van der Waals surface area contributed by atoms with Crippen molar-refractivity contribution in [1.82, 2.24) is 10.3 Å². The van der Waals surface area contributed by atoms with Crippen LogP contribution in [0.25, 0.3) is 11.1 Å². The number of carbonyl (C=O) groups is 1. The van der Waals surface area contributed by atoms with Crippen molar-refractivity contribution >= 4 is 15.7 Å². The van der Waals surface area contributed by atoms with Crippen molar-refractivity contribution in [3.63, 3.8) is 0 Å². The van der Waals surface area contributed by atoms with Gasteiger partial charge < -0.3 is 14.8 Å². The molecule has 0 spiro atoms. The van der Waals surface area contributed by atoms with E-state index in [0.717, 1.165) is 35.1 Å². The zero-order chi connectivity index (χ0) is 27.3. The van der Waals surface area contributed by atoms with Gasteiger partial charge in [-0.25, -0.2) is 13.4 Å². The summed E-state index contributed by atoms with van der Waals surface area (Å²) in [6, 6.07) is 21.8. The minimum atomic E-state index is -4.79. The Labute approximate surface area is 216 Å². The van der Waals surface area contributed by atoms with E-state index in [9.17, 15) is 26.4 Å². The van der Waals surface area contributed by atoms with Gasteiger partial charge in [0.25, 0.3) is 5.91 Å². The molecule has 0 fully saturated rings. The first-order valence-corrected chi connectivity index (χ1v) is 13.0. The van der Waals surface area contributed by atoms with Crippen LogP contribution >= 0.6 is 0 Å². The topological polar surface area (TPSA) is 94.6 Å². The number of sulfone groups is 1. The van der Waals surface area contributed by atoms with Crippen LogP contribution in [-0.2, 0) is 16.4 Å². The third-order valence-electron chi connectivity index (χ3n) is 5.30. The highest BCUT2D eigenvalue weighted by atomic mass is 32.2. The van der Waals surface area contributed by atoms with Crippen LogP contribution < -0.4 is 14.8 Å². The predicted octanol–water partition coefficient (Wildman–Crippen LogP) is 5.77. The van der Waals surface area contributed by atoms with Crippen LogP contribution in [0.3, 0.4) is 0 Å². The summed E-state index contributed by atoms with van der Waals surface area (Å²) in [6.07, 6.45) is -2.25. The molecule has 1 N–H and O–H groups in total. The van der Waals surface area contributed by atoms with E-state index in [1.807, 2.05) is 24.3 Å². The van der Waals surface area contributed by atoms with Crippen molar-refractivity contribution in [3.8, 4) is 28.5 Å². The lowest BCUT2D eigenvalue weighted by molar-refractivity contribution is -0.274. The molecule has 3 aromatic carbocycles.